The first-order valence-corrected chi connectivity index (χ1v) is 8.79. The van der Waals surface area contributed by atoms with Crippen molar-refractivity contribution in [2.75, 3.05) is 6.54 Å². The summed E-state index contributed by atoms with van der Waals surface area (Å²) in [6, 6.07) is 9.99. The number of aromatic nitrogens is 3. The van der Waals surface area contributed by atoms with Gasteiger partial charge in [0.1, 0.15) is 5.82 Å². The van der Waals surface area contributed by atoms with E-state index in [9.17, 15) is 0 Å². The molecule has 2 aromatic heterocycles. The summed E-state index contributed by atoms with van der Waals surface area (Å²) in [4.78, 5) is 9.07. The lowest BCUT2D eigenvalue weighted by Gasteiger charge is -2.11. The van der Waals surface area contributed by atoms with Crippen LogP contribution in [0.1, 0.15) is 37.7 Å². The molecule has 1 N–H and O–H groups in total. The zero-order valence-corrected chi connectivity index (χ0v) is 14.9. The molecule has 0 atom stereocenters. The molecule has 0 saturated carbocycles. The fraction of sp³-hybridized carbons (Fsp3) is 0.368. The second-order valence-corrected chi connectivity index (χ2v) is 6.69. The Balaban J connectivity index is 1.50. The monoisotopic (exact) mass is 342 g/mol. The first kappa shape index (κ1) is 16.9. The molecule has 0 amide bonds. The lowest BCUT2D eigenvalue weighted by Crippen LogP contribution is -2.17. The molecule has 0 aliphatic carbocycles. The van der Waals surface area contributed by atoms with Crippen LogP contribution in [0, 0.1) is 0 Å². The highest BCUT2D eigenvalue weighted by Crippen LogP contribution is 2.21. The van der Waals surface area contributed by atoms with Crippen molar-refractivity contribution in [3.8, 4) is 0 Å². The van der Waals surface area contributed by atoms with Gasteiger partial charge in [0.25, 0.3) is 0 Å². The largest absolute Gasteiger partial charge is 0.335 e. The van der Waals surface area contributed by atoms with Gasteiger partial charge < -0.3 is 9.88 Å². The molecule has 0 bridgehead atoms. The van der Waals surface area contributed by atoms with Crippen molar-refractivity contribution in [2.24, 2.45) is 0 Å². The number of hydrogen-bond acceptors (Lipinski definition) is 3. The highest BCUT2D eigenvalue weighted by Gasteiger charge is 2.06. The van der Waals surface area contributed by atoms with Crippen LogP contribution in [0.4, 0.5) is 0 Å². The van der Waals surface area contributed by atoms with Gasteiger partial charge in [-0.15, -0.1) is 0 Å². The van der Waals surface area contributed by atoms with Crippen molar-refractivity contribution >= 4 is 22.5 Å². The highest BCUT2D eigenvalue weighted by atomic mass is 35.5. The number of nitrogens with one attached hydrogen (secondary N) is 1. The van der Waals surface area contributed by atoms with E-state index in [1.54, 1.807) is 0 Å². The molecule has 0 aliphatic rings. The maximum atomic E-state index is 6.22. The number of para-hydroxylation sites is 1. The zero-order chi connectivity index (χ0) is 16.9. The lowest BCUT2D eigenvalue weighted by molar-refractivity contribution is 0.552. The molecule has 3 rings (SSSR count). The van der Waals surface area contributed by atoms with Crippen LogP contribution in [0.25, 0.3) is 10.9 Å². The molecule has 0 unspecified atom stereocenters. The van der Waals surface area contributed by atoms with Crippen LogP contribution in [0.5, 0.6) is 0 Å². The highest BCUT2D eigenvalue weighted by molar-refractivity contribution is 6.35. The number of rotatable bonds is 7. The summed E-state index contributed by atoms with van der Waals surface area (Å²) in [5, 5.41) is 5.24. The fourth-order valence-corrected chi connectivity index (χ4v) is 3.08. The number of hydrogen-bond donors (Lipinski definition) is 1. The van der Waals surface area contributed by atoms with Crippen molar-refractivity contribution < 1.29 is 0 Å². The van der Waals surface area contributed by atoms with Gasteiger partial charge >= 0.3 is 0 Å². The van der Waals surface area contributed by atoms with Gasteiger partial charge in [-0.2, -0.15) is 0 Å². The molecule has 0 radical (unpaired) electrons. The van der Waals surface area contributed by atoms with E-state index in [0.717, 1.165) is 48.5 Å². The van der Waals surface area contributed by atoms with Gasteiger partial charge in [0.05, 0.1) is 16.2 Å². The van der Waals surface area contributed by atoms with E-state index >= 15 is 0 Å². The van der Waals surface area contributed by atoms with Crippen LogP contribution in [0.15, 0.2) is 42.7 Å². The topological polar surface area (TPSA) is 42.7 Å². The minimum absolute atomic E-state index is 0.458. The summed E-state index contributed by atoms with van der Waals surface area (Å²) >= 11 is 6.22. The Bertz CT molecular complexity index is 810. The molecule has 126 valence electrons. The fourth-order valence-electron chi connectivity index (χ4n) is 2.85. The number of imidazole rings is 1. The van der Waals surface area contributed by atoms with Gasteiger partial charge in [-0.1, -0.05) is 43.6 Å². The smallest absolute Gasteiger partial charge is 0.111 e. The molecule has 0 fully saturated rings. The molecule has 5 heteroatoms. The first-order valence-electron chi connectivity index (χ1n) is 8.41. The third-order valence-corrected chi connectivity index (χ3v) is 4.36. The van der Waals surface area contributed by atoms with Gasteiger partial charge in [0, 0.05) is 36.8 Å². The summed E-state index contributed by atoms with van der Waals surface area (Å²) in [5.74, 6) is 1.61. The predicted octanol–water partition coefficient (Wildman–Crippen LogP) is 4.39. The first-order chi connectivity index (χ1) is 11.6. The van der Waals surface area contributed by atoms with Crippen LogP contribution in [-0.2, 0) is 13.1 Å². The normalized spacial score (nSPS) is 11.5. The minimum atomic E-state index is 0.458. The van der Waals surface area contributed by atoms with E-state index in [0.29, 0.717) is 10.9 Å². The Kier molecular flexibility index (Phi) is 5.48. The Hall–Kier alpha value is -1.91. The second kappa shape index (κ2) is 7.77. The predicted molar refractivity (Wildman–Crippen MR) is 99.4 cm³/mol. The van der Waals surface area contributed by atoms with Crippen LogP contribution in [0.3, 0.4) is 0 Å². The van der Waals surface area contributed by atoms with Crippen LogP contribution >= 0.6 is 11.6 Å². The molecule has 4 nitrogen and oxygen atoms in total. The number of fused-ring (bicyclic) bond motifs is 1. The second-order valence-electron chi connectivity index (χ2n) is 6.28. The molecular weight excluding hydrogens is 320 g/mol. The molecule has 3 aromatic rings. The zero-order valence-electron chi connectivity index (χ0n) is 14.2. The van der Waals surface area contributed by atoms with Crippen LogP contribution in [0.2, 0.25) is 5.02 Å². The Morgan fingerprint density at radius 1 is 1.21 bits per heavy atom. The number of halogens is 1. The third-order valence-electron chi connectivity index (χ3n) is 4.05. The van der Waals surface area contributed by atoms with E-state index < -0.39 is 0 Å². The van der Waals surface area contributed by atoms with Gasteiger partial charge in [-0.25, -0.2) is 9.97 Å². The third kappa shape index (κ3) is 3.94. The Morgan fingerprint density at radius 2 is 2.08 bits per heavy atom. The van der Waals surface area contributed by atoms with Crippen molar-refractivity contribution in [2.45, 2.75) is 39.3 Å². The molecule has 0 aliphatic heterocycles. The molecule has 0 saturated heterocycles. The van der Waals surface area contributed by atoms with Crippen molar-refractivity contribution in [3.63, 3.8) is 0 Å². The van der Waals surface area contributed by atoms with E-state index in [4.69, 9.17) is 11.6 Å². The Morgan fingerprint density at radius 3 is 2.92 bits per heavy atom. The molecule has 24 heavy (non-hydrogen) atoms. The van der Waals surface area contributed by atoms with E-state index in [-0.39, 0.29) is 0 Å². The molecule has 2 heterocycles. The number of nitrogens with zero attached hydrogens (tertiary/aromatic N) is 3. The SMILES string of the molecule is CC(C)c1nccn1CCCNCc1ccc2cccc(Cl)c2n1. The van der Waals surface area contributed by atoms with Gasteiger partial charge in [0.15, 0.2) is 0 Å². The number of aryl methyl sites for hydroxylation is 1. The van der Waals surface area contributed by atoms with Gasteiger partial charge in [-0.3, -0.25) is 0 Å². The van der Waals surface area contributed by atoms with Gasteiger partial charge in [0.2, 0.25) is 0 Å². The average molecular weight is 343 g/mol. The summed E-state index contributed by atoms with van der Waals surface area (Å²) in [7, 11) is 0. The maximum Gasteiger partial charge on any atom is 0.111 e. The van der Waals surface area contributed by atoms with Gasteiger partial charge in [-0.05, 0) is 25.1 Å². The van der Waals surface area contributed by atoms with E-state index in [1.807, 2.05) is 24.4 Å². The molecular formula is C19H23ClN4. The Labute approximate surface area is 147 Å². The van der Waals surface area contributed by atoms with Crippen molar-refractivity contribution in [1.29, 1.82) is 0 Å². The maximum absolute atomic E-state index is 6.22. The average Bonchev–Trinajstić information content (AvgIpc) is 3.04. The standard InChI is InChI=1S/C19H23ClN4/c1-14(2)19-22-10-12-24(19)11-4-9-21-13-16-8-7-15-5-3-6-17(20)18(15)23-16/h3,5-8,10,12,14,21H,4,9,11,13H2,1-2H3. The van der Waals surface area contributed by atoms with Crippen LogP contribution < -0.4 is 5.32 Å². The lowest BCUT2D eigenvalue weighted by atomic mass is 10.2. The summed E-state index contributed by atoms with van der Waals surface area (Å²) in [5.41, 5.74) is 1.89. The molecule has 0 spiro atoms. The quantitative estimate of drug-likeness (QED) is 0.647. The summed E-state index contributed by atoms with van der Waals surface area (Å²) in [6.07, 6.45) is 5.00. The summed E-state index contributed by atoms with van der Waals surface area (Å²) < 4.78 is 2.24. The molecule has 1 aromatic carbocycles. The number of pyridine rings is 1. The van der Waals surface area contributed by atoms with Crippen molar-refractivity contribution in [3.05, 3.63) is 59.3 Å². The summed E-state index contributed by atoms with van der Waals surface area (Å²) in [6.45, 7) is 7.03. The van der Waals surface area contributed by atoms with E-state index in [2.05, 4.69) is 52.0 Å². The van der Waals surface area contributed by atoms with Crippen LogP contribution in [-0.4, -0.2) is 21.1 Å². The minimum Gasteiger partial charge on any atom is -0.335 e. The number of benzene rings is 1. The van der Waals surface area contributed by atoms with E-state index in [1.165, 1.54) is 0 Å². The van der Waals surface area contributed by atoms with Crippen molar-refractivity contribution in [1.82, 2.24) is 19.9 Å².